The Hall–Kier alpha value is -1.13. The van der Waals surface area contributed by atoms with E-state index in [4.69, 9.17) is 17.3 Å². The molecule has 98 valence electrons. The largest absolute Gasteiger partial charge is 0.345 e. The van der Waals surface area contributed by atoms with Crippen LogP contribution < -0.4 is 11.1 Å². The van der Waals surface area contributed by atoms with Crippen molar-refractivity contribution >= 4 is 17.5 Å². The van der Waals surface area contributed by atoms with Crippen LogP contribution in [0.5, 0.6) is 0 Å². The van der Waals surface area contributed by atoms with Gasteiger partial charge in [-0.05, 0) is 43.9 Å². The van der Waals surface area contributed by atoms with Crippen molar-refractivity contribution < 1.29 is 9.18 Å². The van der Waals surface area contributed by atoms with Crippen molar-refractivity contribution in [1.29, 1.82) is 0 Å². The zero-order valence-electron chi connectivity index (χ0n) is 10.2. The summed E-state index contributed by atoms with van der Waals surface area (Å²) < 4.78 is 12.9. The summed E-state index contributed by atoms with van der Waals surface area (Å²) in [6, 6.07) is 3.74. The van der Waals surface area contributed by atoms with E-state index in [2.05, 4.69) is 5.32 Å². The Bertz CT molecular complexity index is 476. The number of amides is 1. The number of benzene rings is 1. The molecule has 1 aliphatic rings. The lowest BCUT2D eigenvalue weighted by Gasteiger charge is -2.29. The molecule has 1 atom stereocenters. The molecule has 1 fully saturated rings. The standard InChI is InChI=1S/C13H16ClFN2O/c1-13(7-16,8-2-3-8)17-12(18)10-5-4-9(15)6-11(10)14/h4-6,8H,2-3,7,16H2,1H3,(H,17,18). The van der Waals surface area contributed by atoms with Crippen LogP contribution in [0.2, 0.25) is 5.02 Å². The van der Waals surface area contributed by atoms with Crippen LogP contribution in [0.25, 0.3) is 0 Å². The summed E-state index contributed by atoms with van der Waals surface area (Å²) in [6.45, 7) is 2.31. The lowest BCUT2D eigenvalue weighted by Crippen LogP contribution is -2.53. The van der Waals surface area contributed by atoms with Gasteiger partial charge in [0.2, 0.25) is 0 Å². The first kappa shape index (κ1) is 13.3. The van der Waals surface area contributed by atoms with Crippen molar-refractivity contribution in [2.45, 2.75) is 25.3 Å². The first-order valence-corrected chi connectivity index (χ1v) is 6.32. The van der Waals surface area contributed by atoms with Gasteiger partial charge in [0, 0.05) is 6.54 Å². The van der Waals surface area contributed by atoms with E-state index in [0.29, 0.717) is 12.5 Å². The van der Waals surface area contributed by atoms with Crippen molar-refractivity contribution in [2.75, 3.05) is 6.54 Å². The molecular weight excluding hydrogens is 255 g/mol. The van der Waals surface area contributed by atoms with Crippen LogP contribution in [0.15, 0.2) is 18.2 Å². The number of hydrogen-bond acceptors (Lipinski definition) is 2. The molecule has 0 aromatic heterocycles. The molecule has 0 bridgehead atoms. The van der Waals surface area contributed by atoms with E-state index in [1.165, 1.54) is 12.1 Å². The van der Waals surface area contributed by atoms with Gasteiger partial charge in [-0.3, -0.25) is 4.79 Å². The lowest BCUT2D eigenvalue weighted by atomic mass is 9.95. The van der Waals surface area contributed by atoms with Crippen molar-refractivity contribution in [3.05, 3.63) is 34.6 Å². The highest BCUT2D eigenvalue weighted by Gasteiger charge is 2.41. The molecule has 0 radical (unpaired) electrons. The molecular formula is C13H16ClFN2O. The highest BCUT2D eigenvalue weighted by atomic mass is 35.5. The molecule has 1 saturated carbocycles. The zero-order valence-corrected chi connectivity index (χ0v) is 10.9. The number of nitrogens with two attached hydrogens (primary N) is 1. The Morgan fingerprint density at radius 2 is 2.28 bits per heavy atom. The number of hydrogen-bond donors (Lipinski definition) is 2. The molecule has 1 unspecified atom stereocenters. The van der Waals surface area contributed by atoms with Crippen molar-refractivity contribution in [3.8, 4) is 0 Å². The molecule has 3 nitrogen and oxygen atoms in total. The highest BCUT2D eigenvalue weighted by Crippen LogP contribution is 2.39. The molecule has 1 aromatic rings. The van der Waals surface area contributed by atoms with E-state index in [-0.39, 0.29) is 16.5 Å². The van der Waals surface area contributed by atoms with E-state index >= 15 is 0 Å². The Labute approximate surface area is 111 Å². The SMILES string of the molecule is CC(CN)(NC(=O)c1ccc(F)cc1Cl)C1CC1. The molecule has 1 aliphatic carbocycles. The average molecular weight is 271 g/mol. The zero-order chi connectivity index (χ0) is 13.3. The maximum Gasteiger partial charge on any atom is 0.253 e. The summed E-state index contributed by atoms with van der Waals surface area (Å²) in [4.78, 5) is 12.1. The van der Waals surface area contributed by atoms with Gasteiger partial charge >= 0.3 is 0 Å². The van der Waals surface area contributed by atoms with Crippen LogP contribution in [0.3, 0.4) is 0 Å². The Morgan fingerprint density at radius 3 is 2.78 bits per heavy atom. The number of carbonyl (C=O) groups excluding carboxylic acids is 1. The first-order chi connectivity index (χ1) is 8.46. The van der Waals surface area contributed by atoms with E-state index in [1.807, 2.05) is 6.92 Å². The minimum absolute atomic E-state index is 0.114. The molecule has 0 saturated heterocycles. The second-order valence-corrected chi connectivity index (χ2v) is 5.38. The third kappa shape index (κ3) is 2.65. The Kier molecular flexibility index (Phi) is 3.59. The van der Waals surface area contributed by atoms with Gasteiger partial charge in [0.25, 0.3) is 5.91 Å². The number of nitrogens with one attached hydrogen (secondary N) is 1. The third-order valence-corrected chi connectivity index (χ3v) is 3.79. The Morgan fingerprint density at radius 1 is 1.61 bits per heavy atom. The normalized spacial score (nSPS) is 18.2. The maximum absolute atomic E-state index is 12.9. The fraction of sp³-hybridized carbons (Fsp3) is 0.462. The molecule has 0 heterocycles. The van der Waals surface area contributed by atoms with Gasteiger partial charge < -0.3 is 11.1 Å². The van der Waals surface area contributed by atoms with E-state index in [9.17, 15) is 9.18 Å². The summed E-state index contributed by atoms with van der Waals surface area (Å²) in [7, 11) is 0. The van der Waals surface area contributed by atoms with Gasteiger partial charge in [-0.2, -0.15) is 0 Å². The van der Waals surface area contributed by atoms with E-state index in [0.717, 1.165) is 18.9 Å². The molecule has 0 aliphatic heterocycles. The minimum atomic E-state index is -0.458. The summed E-state index contributed by atoms with van der Waals surface area (Å²) >= 11 is 5.86. The van der Waals surface area contributed by atoms with Gasteiger partial charge in [0.05, 0.1) is 16.1 Å². The number of rotatable bonds is 4. The van der Waals surface area contributed by atoms with Crippen LogP contribution in [-0.4, -0.2) is 18.0 Å². The average Bonchev–Trinajstić information content (AvgIpc) is 3.12. The van der Waals surface area contributed by atoms with Crippen LogP contribution in [0.1, 0.15) is 30.1 Å². The monoisotopic (exact) mass is 270 g/mol. The molecule has 3 N–H and O–H groups in total. The predicted molar refractivity (Wildman–Crippen MR) is 69.1 cm³/mol. The first-order valence-electron chi connectivity index (χ1n) is 5.94. The second-order valence-electron chi connectivity index (χ2n) is 4.97. The predicted octanol–water partition coefficient (Wildman–Crippen LogP) is 2.34. The van der Waals surface area contributed by atoms with Crippen LogP contribution in [0.4, 0.5) is 4.39 Å². The molecule has 18 heavy (non-hydrogen) atoms. The Balaban J connectivity index is 2.16. The van der Waals surface area contributed by atoms with Gasteiger partial charge in [0.1, 0.15) is 5.82 Å². The third-order valence-electron chi connectivity index (χ3n) is 3.48. The summed E-state index contributed by atoms with van der Waals surface area (Å²) in [5.41, 5.74) is 5.60. The molecule has 5 heteroatoms. The van der Waals surface area contributed by atoms with Gasteiger partial charge in [-0.15, -0.1) is 0 Å². The van der Waals surface area contributed by atoms with Gasteiger partial charge in [-0.1, -0.05) is 11.6 Å². The van der Waals surface area contributed by atoms with Crippen molar-refractivity contribution in [1.82, 2.24) is 5.32 Å². The van der Waals surface area contributed by atoms with E-state index in [1.54, 1.807) is 0 Å². The van der Waals surface area contributed by atoms with E-state index < -0.39 is 11.4 Å². The highest BCUT2D eigenvalue weighted by molar-refractivity contribution is 6.33. The fourth-order valence-electron chi connectivity index (χ4n) is 2.04. The van der Waals surface area contributed by atoms with Crippen LogP contribution in [0, 0.1) is 11.7 Å². The number of carbonyl (C=O) groups is 1. The van der Waals surface area contributed by atoms with Gasteiger partial charge in [-0.25, -0.2) is 4.39 Å². The fourth-order valence-corrected chi connectivity index (χ4v) is 2.29. The summed E-state index contributed by atoms with van der Waals surface area (Å²) in [5, 5.41) is 3.02. The summed E-state index contributed by atoms with van der Waals surface area (Å²) in [6.07, 6.45) is 2.15. The van der Waals surface area contributed by atoms with Crippen molar-refractivity contribution in [3.63, 3.8) is 0 Å². The number of halogens is 2. The minimum Gasteiger partial charge on any atom is -0.345 e. The molecule has 1 aromatic carbocycles. The molecule has 0 spiro atoms. The van der Waals surface area contributed by atoms with Crippen LogP contribution >= 0.6 is 11.6 Å². The van der Waals surface area contributed by atoms with Gasteiger partial charge in [0.15, 0.2) is 0 Å². The summed E-state index contributed by atoms with van der Waals surface area (Å²) in [5.74, 6) is -0.342. The second kappa shape index (κ2) is 4.86. The molecule has 2 rings (SSSR count). The smallest absolute Gasteiger partial charge is 0.253 e. The lowest BCUT2D eigenvalue weighted by molar-refractivity contribution is 0.0898. The topological polar surface area (TPSA) is 55.1 Å². The van der Waals surface area contributed by atoms with Crippen molar-refractivity contribution in [2.24, 2.45) is 11.7 Å². The van der Waals surface area contributed by atoms with Crippen LogP contribution in [-0.2, 0) is 0 Å². The quantitative estimate of drug-likeness (QED) is 0.882. The maximum atomic E-state index is 12.9. The molecule has 1 amide bonds.